The first-order valence-corrected chi connectivity index (χ1v) is 7.18. The first-order chi connectivity index (χ1) is 9.52. The van der Waals surface area contributed by atoms with Gasteiger partial charge >= 0.3 is 5.97 Å². The highest BCUT2D eigenvalue weighted by Gasteiger charge is 2.29. The molecule has 1 fully saturated rings. The van der Waals surface area contributed by atoms with Crippen molar-refractivity contribution < 1.29 is 14.3 Å². The Bertz CT molecular complexity index is 471. The topological polar surface area (TPSA) is 47.6 Å². The van der Waals surface area contributed by atoms with E-state index >= 15 is 0 Å². The van der Waals surface area contributed by atoms with E-state index in [2.05, 4.69) is 19.2 Å². The van der Waals surface area contributed by atoms with Gasteiger partial charge in [0.2, 0.25) is 0 Å². The number of esters is 1. The largest absolute Gasteiger partial charge is 0.462 e. The Kier molecular flexibility index (Phi) is 4.65. The Morgan fingerprint density at radius 1 is 1.45 bits per heavy atom. The van der Waals surface area contributed by atoms with Gasteiger partial charge in [-0.1, -0.05) is 12.1 Å². The van der Waals surface area contributed by atoms with Crippen molar-refractivity contribution in [3.63, 3.8) is 0 Å². The fourth-order valence-corrected chi connectivity index (χ4v) is 2.57. The number of nitrogens with one attached hydrogen (secondary N) is 1. The van der Waals surface area contributed by atoms with Gasteiger partial charge < -0.3 is 14.8 Å². The number of carbonyl (C=O) groups is 1. The van der Waals surface area contributed by atoms with Crippen molar-refractivity contribution in [2.24, 2.45) is 0 Å². The predicted molar refractivity (Wildman–Crippen MR) is 79.1 cm³/mol. The molecular formula is C16H23NO3. The average Bonchev–Trinajstić information content (AvgIpc) is 2.38. The molecule has 1 heterocycles. The van der Waals surface area contributed by atoms with E-state index in [9.17, 15) is 4.79 Å². The standard InChI is InChI=1S/C16H23NO3/c1-4-19-15(18)13-7-5-6-8-14(13)17-12-9-10-20-16(2,3)11-12/h5-8,12,17H,4,9-11H2,1-3H3. The monoisotopic (exact) mass is 277 g/mol. The maximum Gasteiger partial charge on any atom is 0.340 e. The summed E-state index contributed by atoms with van der Waals surface area (Å²) in [6, 6.07) is 7.81. The Labute approximate surface area is 120 Å². The van der Waals surface area contributed by atoms with Gasteiger partial charge in [-0.25, -0.2) is 4.79 Å². The lowest BCUT2D eigenvalue weighted by Crippen LogP contribution is -2.40. The van der Waals surface area contributed by atoms with Crippen molar-refractivity contribution in [1.82, 2.24) is 0 Å². The molecule has 0 radical (unpaired) electrons. The third-order valence-electron chi connectivity index (χ3n) is 3.48. The number of hydrogen-bond acceptors (Lipinski definition) is 4. The number of carbonyl (C=O) groups excluding carboxylic acids is 1. The minimum absolute atomic E-state index is 0.116. The summed E-state index contributed by atoms with van der Waals surface area (Å²) >= 11 is 0. The SMILES string of the molecule is CCOC(=O)c1ccccc1NC1CCOC(C)(C)C1. The second-order valence-corrected chi connectivity index (χ2v) is 5.71. The summed E-state index contributed by atoms with van der Waals surface area (Å²) in [7, 11) is 0. The molecule has 0 aromatic heterocycles. The van der Waals surface area contributed by atoms with Crippen LogP contribution in [-0.2, 0) is 9.47 Å². The maximum atomic E-state index is 11.9. The molecule has 0 saturated carbocycles. The molecule has 110 valence electrons. The normalized spacial score (nSPS) is 21.2. The molecule has 1 aromatic carbocycles. The number of para-hydroxylation sites is 1. The number of anilines is 1. The van der Waals surface area contributed by atoms with Crippen LogP contribution in [0.4, 0.5) is 5.69 Å². The van der Waals surface area contributed by atoms with Gasteiger partial charge in [0.15, 0.2) is 0 Å². The van der Waals surface area contributed by atoms with E-state index in [0.717, 1.165) is 25.1 Å². The van der Waals surface area contributed by atoms with Gasteiger partial charge in [0, 0.05) is 18.3 Å². The van der Waals surface area contributed by atoms with Crippen LogP contribution in [0.5, 0.6) is 0 Å². The highest BCUT2D eigenvalue weighted by Crippen LogP contribution is 2.27. The Morgan fingerprint density at radius 2 is 2.20 bits per heavy atom. The summed E-state index contributed by atoms with van der Waals surface area (Å²) in [4.78, 5) is 11.9. The van der Waals surface area contributed by atoms with Gasteiger partial charge in [-0.05, 0) is 45.7 Å². The van der Waals surface area contributed by atoms with Crippen LogP contribution < -0.4 is 5.32 Å². The van der Waals surface area contributed by atoms with E-state index < -0.39 is 0 Å². The van der Waals surface area contributed by atoms with Crippen LogP contribution in [0.25, 0.3) is 0 Å². The number of rotatable bonds is 4. The lowest BCUT2D eigenvalue weighted by Gasteiger charge is -2.36. The van der Waals surface area contributed by atoms with Crippen molar-refractivity contribution in [2.75, 3.05) is 18.5 Å². The highest BCUT2D eigenvalue weighted by atomic mass is 16.5. The van der Waals surface area contributed by atoms with E-state index in [1.807, 2.05) is 25.1 Å². The minimum atomic E-state index is -0.276. The summed E-state index contributed by atoms with van der Waals surface area (Å²) in [6.45, 7) is 7.13. The van der Waals surface area contributed by atoms with Gasteiger partial charge in [-0.3, -0.25) is 0 Å². The van der Waals surface area contributed by atoms with Crippen LogP contribution >= 0.6 is 0 Å². The Hall–Kier alpha value is -1.55. The molecule has 1 unspecified atom stereocenters. The fourth-order valence-electron chi connectivity index (χ4n) is 2.57. The zero-order chi connectivity index (χ0) is 14.6. The zero-order valence-corrected chi connectivity index (χ0v) is 12.4. The molecule has 1 aliphatic heterocycles. The summed E-state index contributed by atoms with van der Waals surface area (Å²) in [5.41, 5.74) is 1.32. The first kappa shape index (κ1) is 14.9. The predicted octanol–water partition coefficient (Wildman–Crippen LogP) is 3.23. The van der Waals surface area contributed by atoms with Crippen LogP contribution in [0.1, 0.15) is 44.0 Å². The van der Waals surface area contributed by atoms with E-state index in [0.29, 0.717) is 18.2 Å². The first-order valence-electron chi connectivity index (χ1n) is 7.18. The Balaban J connectivity index is 2.11. The van der Waals surface area contributed by atoms with Crippen molar-refractivity contribution >= 4 is 11.7 Å². The molecule has 0 bridgehead atoms. The van der Waals surface area contributed by atoms with Crippen LogP contribution in [0.15, 0.2) is 24.3 Å². The van der Waals surface area contributed by atoms with Gasteiger partial charge in [-0.2, -0.15) is 0 Å². The van der Waals surface area contributed by atoms with Crippen LogP contribution in [0, 0.1) is 0 Å². The molecule has 4 heteroatoms. The van der Waals surface area contributed by atoms with Gasteiger partial charge in [0.25, 0.3) is 0 Å². The van der Waals surface area contributed by atoms with Crippen molar-refractivity contribution in [1.29, 1.82) is 0 Å². The molecule has 1 saturated heterocycles. The molecule has 1 N–H and O–H groups in total. The summed E-state index contributed by atoms with van der Waals surface area (Å²) in [5.74, 6) is -0.276. The quantitative estimate of drug-likeness (QED) is 0.858. The van der Waals surface area contributed by atoms with E-state index in [4.69, 9.17) is 9.47 Å². The summed E-state index contributed by atoms with van der Waals surface area (Å²) in [6.07, 6.45) is 1.87. The van der Waals surface area contributed by atoms with Crippen LogP contribution in [0.3, 0.4) is 0 Å². The van der Waals surface area contributed by atoms with Gasteiger partial charge in [0.1, 0.15) is 0 Å². The van der Waals surface area contributed by atoms with Gasteiger partial charge in [0.05, 0.1) is 17.8 Å². The lowest BCUT2D eigenvalue weighted by atomic mass is 9.93. The summed E-state index contributed by atoms with van der Waals surface area (Å²) < 4.78 is 10.8. The van der Waals surface area contributed by atoms with Crippen LogP contribution in [0.2, 0.25) is 0 Å². The molecule has 2 rings (SSSR count). The second-order valence-electron chi connectivity index (χ2n) is 5.71. The number of benzene rings is 1. The average molecular weight is 277 g/mol. The second kappa shape index (κ2) is 6.27. The minimum Gasteiger partial charge on any atom is -0.462 e. The smallest absolute Gasteiger partial charge is 0.340 e. The molecule has 1 atom stereocenters. The molecule has 1 aromatic rings. The van der Waals surface area contributed by atoms with Crippen molar-refractivity contribution in [2.45, 2.75) is 45.3 Å². The molecule has 20 heavy (non-hydrogen) atoms. The molecule has 0 aliphatic carbocycles. The molecule has 0 spiro atoms. The third-order valence-corrected chi connectivity index (χ3v) is 3.48. The fraction of sp³-hybridized carbons (Fsp3) is 0.562. The molecular weight excluding hydrogens is 254 g/mol. The van der Waals surface area contributed by atoms with Crippen molar-refractivity contribution in [3.05, 3.63) is 29.8 Å². The van der Waals surface area contributed by atoms with Crippen LogP contribution in [-0.4, -0.2) is 30.8 Å². The number of ether oxygens (including phenoxy) is 2. The third kappa shape index (κ3) is 3.73. The number of hydrogen-bond donors (Lipinski definition) is 1. The molecule has 1 aliphatic rings. The lowest BCUT2D eigenvalue weighted by molar-refractivity contribution is -0.0553. The van der Waals surface area contributed by atoms with E-state index in [1.54, 1.807) is 6.07 Å². The highest BCUT2D eigenvalue weighted by molar-refractivity contribution is 5.95. The van der Waals surface area contributed by atoms with Crippen molar-refractivity contribution in [3.8, 4) is 0 Å². The maximum absolute atomic E-state index is 11.9. The van der Waals surface area contributed by atoms with Gasteiger partial charge in [-0.15, -0.1) is 0 Å². The summed E-state index contributed by atoms with van der Waals surface area (Å²) in [5, 5.41) is 3.46. The van der Waals surface area contributed by atoms with E-state index in [1.165, 1.54) is 0 Å². The molecule has 0 amide bonds. The zero-order valence-electron chi connectivity index (χ0n) is 12.4. The molecule has 4 nitrogen and oxygen atoms in total. The van der Waals surface area contributed by atoms with E-state index in [-0.39, 0.29) is 11.6 Å². The Morgan fingerprint density at radius 3 is 2.90 bits per heavy atom.